The molecule has 2 aromatic rings. The predicted molar refractivity (Wildman–Crippen MR) is 216 cm³/mol. The van der Waals surface area contributed by atoms with Crippen molar-refractivity contribution in [1.29, 1.82) is 0 Å². The molecule has 2 saturated carbocycles. The fourth-order valence-electron chi connectivity index (χ4n) is 11.5. The quantitative estimate of drug-likeness (QED) is 0.113. The average Bonchev–Trinajstić information content (AvgIpc) is 3.54. The van der Waals surface area contributed by atoms with Crippen molar-refractivity contribution in [3.63, 3.8) is 0 Å². The van der Waals surface area contributed by atoms with Gasteiger partial charge in [-0.2, -0.15) is 26.3 Å². The van der Waals surface area contributed by atoms with Crippen molar-refractivity contribution in [3.05, 3.63) is 95.1 Å². The van der Waals surface area contributed by atoms with E-state index in [9.17, 15) is 27.6 Å². The topological polar surface area (TPSA) is 88.1 Å². The number of halogens is 6. The van der Waals surface area contributed by atoms with E-state index in [1.165, 1.54) is 36.4 Å². The number of hydrogen-bond donors (Lipinski definition) is 0. The number of methoxy groups -OCH3 is 2. The Balaban J connectivity index is 1.39. The number of alkyl halides is 6. The van der Waals surface area contributed by atoms with Crippen LogP contribution in [0.4, 0.5) is 26.3 Å². The molecule has 0 bridgehead atoms. The molecular formula is C48H58F6O7. The van der Waals surface area contributed by atoms with Gasteiger partial charge in [-0.15, -0.1) is 0 Å². The molecule has 61 heavy (non-hydrogen) atoms. The summed E-state index contributed by atoms with van der Waals surface area (Å²) < 4.78 is 112. The largest absolute Gasteiger partial charge is 0.460 e. The molecule has 2 fully saturated rings. The molecule has 10 atom stereocenters. The Kier molecular flexibility index (Phi) is 12.9. The number of ketones is 1. The molecule has 0 aliphatic heterocycles. The average molecular weight is 861 g/mol. The highest BCUT2D eigenvalue weighted by molar-refractivity contribution is 5.99. The molecule has 0 heterocycles. The summed E-state index contributed by atoms with van der Waals surface area (Å²) in [4.78, 5) is 42.8. The second-order valence-corrected chi connectivity index (χ2v) is 18.5. The molecule has 0 spiro atoms. The van der Waals surface area contributed by atoms with Crippen molar-refractivity contribution in [2.75, 3.05) is 14.2 Å². The number of ether oxygens (including phenoxy) is 4. The van der Waals surface area contributed by atoms with Crippen LogP contribution in [0, 0.1) is 40.4 Å². The summed E-state index contributed by atoms with van der Waals surface area (Å²) in [6, 6.07) is 13.0. The summed E-state index contributed by atoms with van der Waals surface area (Å²) in [6.07, 6.45) is -9.30. The Morgan fingerprint density at radius 2 is 1.33 bits per heavy atom. The summed E-state index contributed by atoms with van der Waals surface area (Å²) >= 11 is 0. The van der Waals surface area contributed by atoms with E-state index >= 15 is 13.2 Å². The smallest absolute Gasteiger partial charge is 0.432 e. The van der Waals surface area contributed by atoms with Gasteiger partial charge in [0.15, 0.2) is 5.78 Å². The van der Waals surface area contributed by atoms with Crippen LogP contribution in [0.2, 0.25) is 0 Å². The monoisotopic (exact) mass is 860 g/mol. The molecule has 334 valence electrons. The molecule has 0 unspecified atom stereocenters. The van der Waals surface area contributed by atoms with Gasteiger partial charge in [0.1, 0.15) is 12.2 Å². The number of hydrogen-bond acceptors (Lipinski definition) is 7. The minimum absolute atomic E-state index is 0.00618. The van der Waals surface area contributed by atoms with Crippen LogP contribution in [0.5, 0.6) is 0 Å². The number of allylic oxidation sites excluding steroid dienone is 2. The van der Waals surface area contributed by atoms with Crippen LogP contribution in [-0.2, 0) is 44.5 Å². The summed E-state index contributed by atoms with van der Waals surface area (Å²) in [6.45, 7) is 14.5. The fraction of sp³-hybridized carbons (Fsp3) is 0.604. The molecule has 0 radical (unpaired) electrons. The summed E-state index contributed by atoms with van der Waals surface area (Å²) in [5.74, 6) is -3.91. The van der Waals surface area contributed by atoms with Gasteiger partial charge in [-0.05, 0) is 97.4 Å². The van der Waals surface area contributed by atoms with Crippen molar-refractivity contribution in [1.82, 2.24) is 0 Å². The van der Waals surface area contributed by atoms with Crippen LogP contribution in [0.15, 0.2) is 84.0 Å². The first-order valence-electron chi connectivity index (χ1n) is 21.3. The van der Waals surface area contributed by atoms with E-state index in [2.05, 4.69) is 34.3 Å². The van der Waals surface area contributed by atoms with Gasteiger partial charge >= 0.3 is 24.3 Å². The van der Waals surface area contributed by atoms with Gasteiger partial charge in [0.05, 0.1) is 0 Å². The van der Waals surface area contributed by atoms with Crippen LogP contribution in [-0.4, -0.2) is 56.5 Å². The predicted octanol–water partition coefficient (Wildman–Crippen LogP) is 11.2. The molecule has 4 aliphatic rings. The van der Waals surface area contributed by atoms with Gasteiger partial charge in [0, 0.05) is 37.3 Å². The second-order valence-electron chi connectivity index (χ2n) is 18.5. The lowest BCUT2D eigenvalue weighted by molar-refractivity contribution is -0.280. The number of carbonyl (C=O) groups excluding carboxylic acids is 3. The van der Waals surface area contributed by atoms with E-state index in [1.54, 1.807) is 0 Å². The van der Waals surface area contributed by atoms with Gasteiger partial charge < -0.3 is 18.9 Å². The van der Waals surface area contributed by atoms with Gasteiger partial charge in [-0.25, -0.2) is 9.59 Å². The number of carbonyl (C=O) groups is 3. The van der Waals surface area contributed by atoms with Crippen molar-refractivity contribution < 1.29 is 59.7 Å². The van der Waals surface area contributed by atoms with Crippen LogP contribution in [0.1, 0.15) is 104 Å². The molecular weight excluding hydrogens is 803 g/mol. The zero-order valence-corrected chi connectivity index (χ0v) is 36.0. The Morgan fingerprint density at radius 1 is 0.803 bits per heavy atom. The first-order valence-corrected chi connectivity index (χ1v) is 21.3. The minimum atomic E-state index is -5.24. The molecule has 0 amide bonds. The van der Waals surface area contributed by atoms with Crippen molar-refractivity contribution in [2.45, 2.75) is 128 Å². The zero-order chi connectivity index (χ0) is 44.9. The van der Waals surface area contributed by atoms with Crippen LogP contribution >= 0.6 is 0 Å². The number of esters is 2. The standard InChI is InChI=1S/C48H58F6O7/c1-28(2)29(3)19-20-30(4)35-21-22-36-39-37(55)26-33-25-34(60-41(56)45(58-7,47(49,50)51)31-15-11-9-12-16-31)23-24-43(33,5)40(39)38(27-44(35,36)6)61-42(57)46(59-8,48(52,53)54)32-17-13-10-14-18-32/h9-18,28,30,33-36,38H,3,19-27H2,1-2,4-8H3/t30-,33-,34+,35-,36+,38-,43+,44-,45-,46-/m1/s1. The lowest BCUT2D eigenvalue weighted by atomic mass is 9.49. The lowest BCUT2D eigenvalue weighted by Gasteiger charge is -2.56. The summed E-state index contributed by atoms with van der Waals surface area (Å²) in [5.41, 5.74) is -7.33. The fourth-order valence-corrected chi connectivity index (χ4v) is 11.5. The molecule has 4 aliphatic carbocycles. The maximum Gasteiger partial charge on any atom is 0.432 e. The van der Waals surface area contributed by atoms with Crippen molar-refractivity contribution >= 4 is 17.7 Å². The molecule has 7 nitrogen and oxygen atoms in total. The first-order chi connectivity index (χ1) is 28.5. The number of benzene rings is 2. The lowest BCUT2D eigenvalue weighted by Crippen LogP contribution is -2.57. The Bertz CT molecular complexity index is 2000. The third-order valence-corrected chi connectivity index (χ3v) is 15.1. The molecule has 13 heteroatoms. The summed E-state index contributed by atoms with van der Waals surface area (Å²) in [7, 11) is 1.60. The van der Waals surface area contributed by atoms with E-state index in [0.717, 1.165) is 63.3 Å². The van der Waals surface area contributed by atoms with E-state index in [4.69, 9.17) is 18.9 Å². The minimum Gasteiger partial charge on any atom is -0.460 e. The highest BCUT2D eigenvalue weighted by atomic mass is 19.4. The Labute approximate surface area is 354 Å². The van der Waals surface area contributed by atoms with Gasteiger partial charge in [0.25, 0.3) is 11.2 Å². The van der Waals surface area contributed by atoms with E-state index < -0.39 is 75.6 Å². The van der Waals surface area contributed by atoms with Gasteiger partial charge in [-0.3, -0.25) is 4.79 Å². The number of rotatable bonds is 13. The highest BCUT2D eigenvalue weighted by Gasteiger charge is 2.68. The SMILES string of the molecule is C=C(CC[C@@H](C)[C@H]1CC[C@H]2C3=C([C@H](OC(=O)[C@](OC)(c4ccccc4)C(F)(F)F)C[C@]12C)[C@@]1(C)CC[C@H](OC(=O)[C@](OC)(c2ccccc2)C(F)(F)F)C[C@@H]1CC3=O)C(C)C. The van der Waals surface area contributed by atoms with Crippen molar-refractivity contribution in [2.24, 2.45) is 40.4 Å². The molecule has 0 N–H and O–H groups in total. The second kappa shape index (κ2) is 17.0. The maximum absolute atomic E-state index is 15.3. The molecule has 6 rings (SSSR count). The van der Waals surface area contributed by atoms with E-state index in [1.807, 2.05) is 6.92 Å². The zero-order valence-electron chi connectivity index (χ0n) is 36.0. The van der Waals surface area contributed by atoms with E-state index in [0.29, 0.717) is 23.5 Å². The number of fused-ring (bicyclic) bond motifs is 4. The molecule has 0 saturated heterocycles. The van der Waals surface area contributed by atoms with Crippen LogP contribution in [0.3, 0.4) is 0 Å². The third kappa shape index (κ3) is 7.78. The maximum atomic E-state index is 15.3. The summed E-state index contributed by atoms with van der Waals surface area (Å²) in [5, 5.41) is 0. The normalized spacial score (nSPS) is 30.3. The number of Topliss-reactive ketones (excluding diaryl/α,β-unsaturated/α-hetero) is 1. The van der Waals surface area contributed by atoms with Gasteiger partial charge in [-0.1, -0.05) is 107 Å². The highest BCUT2D eigenvalue weighted by Crippen LogP contribution is 2.66. The molecule has 0 aromatic heterocycles. The van der Waals surface area contributed by atoms with E-state index in [-0.39, 0.29) is 55.6 Å². The Hall–Kier alpha value is -3.97. The van der Waals surface area contributed by atoms with Crippen molar-refractivity contribution in [3.8, 4) is 0 Å². The van der Waals surface area contributed by atoms with Crippen LogP contribution in [0.25, 0.3) is 0 Å². The molecule has 2 aromatic carbocycles. The third-order valence-electron chi connectivity index (χ3n) is 15.1. The Morgan fingerprint density at radius 3 is 1.82 bits per heavy atom. The first kappa shape index (κ1) is 46.5. The van der Waals surface area contributed by atoms with Crippen LogP contribution < -0.4 is 0 Å². The van der Waals surface area contributed by atoms with Gasteiger partial charge in [0.2, 0.25) is 0 Å².